The SMILES string of the molecule is Cc1cc(-c2nc(-c3ccc4c(c3)cc3n4CCC3CC(=O)OC(C)(C)C)no2)cc(Cl)n1. The third-order valence-corrected chi connectivity index (χ3v) is 5.93. The van der Waals surface area contributed by atoms with Crippen molar-refractivity contribution in [2.24, 2.45) is 0 Å². The zero-order chi connectivity index (χ0) is 23.3. The van der Waals surface area contributed by atoms with Gasteiger partial charge in [-0.25, -0.2) is 4.98 Å². The van der Waals surface area contributed by atoms with Gasteiger partial charge in [0.1, 0.15) is 10.8 Å². The monoisotopic (exact) mass is 464 g/mol. The van der Waals surface area contributed by atoms with Crippen LogP contribution in [0.1, 0.15) is 50.9 Å². The van der Waals surface area contributed by atoms with Gasteiger partial charge in [0.15, 0.2) is 0 Å². The fourth-order valence-electron chi connectivity index (χ4n) is 4.45. The molecule has 0 fully saturated rings. The Kier molecular flexibility index (Phi) is 5.24. The molecule has 8 heteroatoms. The van der Waals surface area contributed by atoms with Crippen LogP contribution >= 0.6 is 11.6 Å². The Morgan fingerprint density at radius 2 is 2.00 bits per heavy atom. The van der Waals surface area contributed by atoms with Gasteiger partial charge in [0, 0.05) is 45.9 Å². The van der Waals surface area contributed by atoms with Crippen molar-refractivity contribution < 1.29 is 14.1 Å². The molecule has 0 N–H and O–H groups in total. The van der Waals surface area contributed by atoms with Crippen molar-refractivity contribution in [1.29, 1.82) is 0 Å². The van der Waals surface area contributed by atoms with E-state index in [4.69, 9.17) is 20.9 Å². The van der Waals surface area contributed by atoms with Crippen LogP contribution in [0.3, 0.4) is 0 Å². The highest BCUT2D eigenvalue weighted by molar-refractivity contribution is 6.29. The van der Waals surface area contributed by atoms with Crippen LogP contribution in [0.4, 0.5) is 0 Å². The molecule has 0 bridgehead atoms. The molecule has 7 nitrogen and oxygen atoms in total. The van der Waals surface area contributed by atoms with Crippen LogP contribution in [0.25, 0.3) is 33.7 Å². The molecule has 5 rings (SSSR count). The molecule has 1 aliphatic rings. The van der Waals surface area contributed by atoms with Crippen molar-refractivity contribution >= 4 is 28.5 Å². The number of ether oxygens (including phenoxy) is 1. The Morgan fingerprint density at radius 3 is 2.76 bits per heavy atom. The molecule has 1 atom stereocenters. The predicted octanol–water partition coefficient (Wildman–Crippen LogP) is 5.93. The van der Waals surface area contributed by atoms with Gasteiger partial charge in [-0.1, -0.05) is 16.8 Å². The molecule has 4 heterocycles. The average Bonchev–Trinajstić information content (AvgIpc) is 3.41. The Morgan fingerprint density at radius 1 is 1.18 bits per heavy atom. The topological polar surface area (TPSA) is 83.0 Å². The molecule has 4 aromatic rings. The number of nitrogens with zero attached hydrogens (tertiary/aromatic N) is 4. The minimum absolute atomic E-state index is 0.155. The van der Waals surface area contributed by atoms with E-state index in [2.05, 4.69) is 37.9 Å². The number of fused-ring (bicyclic) bond motifs is 3. The molecular weight excluding hydrogens is 440 g/mol. The van der Waals surface area contributed by atoms with Gasteiger partial charge in [0.2, 0.25) is 5.82 Å². The third-order valence-electron chi connectivity index (χ3n) is 5.74. The van der Waals surface area contributed by atoms with Crippen molar-refractivity contribution in [3.05, 3.63) is 52.9 Å². The fraction of sp³-hybridized carbons (Fsp3) is 0.360. The normalized spacial score (nSPS) is 15.7. The average molecular weight is 465 g/mol. The van der Waals surface area contributed by atoms with Crippen LogP contribution < -0.4 is 0 Å². The summed E-state index contributed by atoms with van der Waals surface area (Å²) in [5.41, 5.74) is 4.22. The minimum atomic E-state index is -0.471. The van der Waals surface area contributed by atoms with Crippen molar-refractivity contribution in [3.8, 4) is 22.8 Å². The zero-order valence-electron chi connectivity index (χ0n) is 19.1. The van der Waals surface area contributed by atoms with Gasteiger partial charge >= 0.3 is 5.97 Å². The number of halogens is 1. The maximum atomic E-state index is 12.4. The lowest BCUT2D eigenvalue weighted by molar-refractivity contribution is -0.155. The molecule has 1 unspecified atom stereocenters. The summed E-state index contributed by atoms with van der Waals surface area (Å²) >= 11 is 6.07. The first-order chi connectivity index (χ1) is 15.7. The molecule has 33 heavy (non-hydrogen) atoms. The summed E-state index contributed by atoms with van der Waals surface area (Å²) in [6.45, 7) is 8.44. The minimum Gasteiger partial charge on any atom is -0.460 e. The van der Waals surface area contributed by atoms with E-state index in [1.54, 1.807) is 6.07 Å². The fourth-order valence-corrected chi connectivity index (χ4v) is 4.70. The van der Waals surface area contributed by atoms with Gasteiger partial charge in [-0.05, 0) is 70.5 Å². The molecule has 3 aromatic heterocycles. The summed E-state index contributed by atoms with van der Waals surface area (Å²) in [7, 11) is 0. The number of carbonyl (C=O) groups excluding carboxylic acids is 1. The van der Waals surface area contributed by atoms with Crippen molar-refractivity contribution in [2.75, 3.05) is 0 Å². The van der Waals surface area contributed by atoms with Gasteiger partial charge in [-0.15, -0.1) is 0 Å². The van der Waals surface area contributed by atoms with Crippen molar-refractivity contribution in [3.63, 3.8) is 0 Å². The van der Waals surface area contributed by atoms with Crippen molar-refractivity contribution in [2.45, 2.75) is 58.6 Å². The number of esters is 1. The number of pyridine rings is 1. The number of hydrogen-bond acceptors (Lipinski definition) is 6. The molecule has 0 saturated carbocycles. The molecule has 0 spiro atoms. The van der Waals surface area contributed by atoms with Crippen molar-refractivity contribution in [1.82, 2.24) is 19.7 Å². The Labute approximate surface area is 196 Å². The first kappa shape index (κ1) is 21.6. The first-order valence-electron chi connectivity index (χ1n) is 11.0. The smallest absolute Gasteiger partial charge is 0.306 e. The highest BCUT2D eigenvalue weighted by atomic mass is 35.5. The maximum Gasteiger partial charge on any atom is 0.306 e. The summed E-state index contributed by atoms with van der Waals surface area (Å²) in [6.07, 6.45) is 1.33. The second-order valence-corrected chi connectivity index (χ2v) is 9.90. The van der Waals surface area contributed by atoms with Crippen LogP contribution in [0.2, 0.25) is 5.15 Å². The van der Waals surface area contributed by atoms with Gasteiger partial charge in [-0.3, -0.25) is 4.79 Å². The predicted molar refractivity (Wildman–Crippen MR) is 126 cm³/mol. The highest BCUT2D eigenvalue weighted by Gasteiger charge is 2.29. The second kappa shape index (κ2) is 7.99. The lowest BCUT2D eigenvalue weighted by Crippen LogP contribution is -2.24. The van der Waals surface area contributed by atoms with E-state index in [1.165, 1.54) is 5.69 Å². The number of aromatic nitrogens is 4. The molecule has 0 aliphatic carbocycles. The van der Waals surface area contributed by atoms with E-state index >= 15 is 0 Å². The summed E-state index contributed by atoms with van der Waals surface area (Å²) in [5.74, 6) is 0.910. The van der Waals surface area contributed by atoms with E-state index in [1.807, 2.05) is 39.8 Å². The number of benzene rings is 1. The lowest BCUT2D eigenvalue weighted by atomic mass is 10.00. The Balaban J connectivity index is 1.41. The van der Waals surface area contributed by atoms with E-state index < -0.39 is 5.60 Å². The number of rotatable bonds is 4. The second-order valence-electron chi connectivity index (χ2n) is 9.51. The largest absolute Gasteiger partial charge is 0.460 e. The maximum absolute atomic E-state index is 12.4. The third kappa shape index (κ3) is 4.37. The number of aryl methyl sites for hydroxylation is 2. The Bertz CT molecular complexity index is 1350. The first-order valence-corrected chi connectivity index (χ1v) is 11.4. The van der Waals surface area contributed by atoms with Crippen LogP contribution in [0.5, 0.6) is 0 Å². The molecule has 1 aliphatic heterocycles. The standard InChI is InChI=1S/C25H25ClN4O3/c1-14-9-18(12-21(26)27-14)24-28-23(29-33-24)16-5-6-19-17(10-16)11-20-15(7-8-30(19)20)13-22(31)32-25(2,3)4/h5-6,9-12,15H,7-8,13H2,1-4H3. The summed E-state index contributed by atoms with van der Waals surface area (Å²) in [6, 6.07) is 11.9. The van der Waals surface area contributed by atoms with Crippen LogP contribution in [0.15, 0.2) is 40.9 Å². The van der Waals surface area contributed by atoms with Crippen LogP contribution in [0, 0.1) is 6.92 Å². The van der Waals surface area contributed by atoms with E-state index in [0.717, 1.165) is 40.7 Å². The van der Waals surface area contributed by atoms with Gasteiger partial charge in [0.25, 0.3) is 5.89 Å². The van der Waals surface area contributed by atoms with Gasteiger partial charge < -0.3 is 13.8 Å². The van der Waals surface area contributed by atoms with Crippen LogP contribution in [-0.2, 0) is 16.1 Å². The molecule has 1 aromatic carbocycles. The van der Waals surface area contributed by atoms with Gasteiger partial charge in [-0.2, -0.15) is 4.98 Å². The van der Waals surface area contributed by atoms with E-state index in [9.17, 15) is 4.79 Å². The van der Waals surface area contributed by atoms with Crippen LogP contribution in [-0.4, -0.2) is 31.3 Å². The lowest BCUT2D eigenvalue weighted by Gasteiger charge is -2.20. The molecular formula is C25H25ClN4O3. The van der Waals surface area contributed by atoms with E-state index in [-0.39, 0.29) is 11.9 Å². The summed E-state index contributed by atoms with van der Waals surface area (Å²) in [4.78, 5) is 21.1. The number of carbonyl (C=O) groups is 1. The summed E-state index contributed by atoms with van der Waals surface area (Å²) in [5, 5.41) is 5.64. The highest BCUT2D eigenvalue weighted by Crippen LogP contribution is 2.38. The molecule has 0 radical (unpaired) electrons. The Hall–Kier alpha value is -3.19. The van der Waals surface area contributed by atoms with E-state index in [0.29, 0.717) is 23.3 Å². The molecule has 0 amide bonds. The zero-order valence-corrected chi connectivity index (χ0v) is 19.8. The molecule has 170 valence electrons. The number of hydrogen-bond donors (Lipinski definition) is 0. The van der Waals surface area contributed by atoms with Gasteiger partial charge in [0.05, 0.1) is 6.42 Å². The quantitative estimate of drug-likeness (QED) is 0.275. The summed E-state index contributed by atoms with van der Waals surface area (Å²) < 4.78 is 13.3. The molecule has 0 saturated heterocycles.